The molecule has 2 aromatic carbocycles. The highest BCUT2D eigenvalue weighted by Crippen LogP contribution is 2.23. The highest BCUT2D eigenvalue weighted by Gasteiger charge is 2.14. The fraction of sp³-hybridized carbons (Fsp3) is 0.235. The van der Waals surface area contributed by atoms with E-state index < -0.39 is 0 Å². The molecule has 0 radical (unpaired) electrons. The molecule has 0 atom stereocenters. The highest BCUT2D eigenvalue weighted by molar-refractivity contribution is 9.08. The number of hydrogen-bond donors (Lipinski definition) is 1. The number of benzene rings is 2. The van der Waals surface area contributed by atoms with Crippen LogP contribution in [-0.2, 0) is 18.2 Å². The Morgan fingerprint density at radius 1 is 1.10 bits per heavy atom. The number of carbonyl (C=O) groups excluding carboxylic acids is 1. The minimum absolute atomic E-state index is 0.0357. The van der Waals surface area contributed by atoms with Crippen LogP contribution in [0.1, 0.15) is 33.5 Å². The number of anilines is 1. The van der Waals surface area contributed by atoms with Gasteiger partial charge in [-0.15, -0.1) is 0 Å². The number of amides is 1. The third-order valence-corrected chi connectivity index (χ3v) is 4.35. The van der Waals surface area contributed by atoms with Crippen molar-refractivity contribution in [1.29, 1.82) is 0 Å². The van der Waals surface area contributed by atoms with Gasteiger partial charge in [-0.3, -0.25) is 4.79 Å². The Morgan fingerprint density at radius 2 is 1.95 bits per heavy atom. The lowest BCUT2D eigenvalue weighted by molar-refractivity contribution is 0.102. The number of aryl methyl sites for hydroxylation is 2. The van der Waals surface area contributed by atoms with Gasteiger partial charge in [0.25, 0.3) is 5.91 Å². The molecule has 0 spiro atoms. The molecule has 1 amide bonds. The first-order chi connectivity index (χ1) is 9.76. The normalized spacial score (nSPS) is 13.1. The van der Waals surface area contributed by atoms with Crippen molar-refractivity contribution in [3.8, 4) is 0 Å². The van der Waals surface area contributed by atoms with E-state index in [9.17, 15) is 4.79 Å². The molecule has 0 saturated carbocycles. The van der Waals surface area contributed by atoms with Crippen LogP contribution in [0.4, 0.5) is 5.69 Å². The number of halogens is 1. The van der Waals surface area contributed by atoms with E-state index in [1.54, 1.807) is 0 Å². The van der Waals surface area contributed by atoms with Gasteiger partial charge in [0.05, 0.1) is 0 Å². The molecule has 20 heavy (non-hydrogen) atoms. The zero-order valence-corrected chi connectivity index (χ0v) is 12.7. The Balaban J connectivity index is 1.79. The maximum atomic E-state index is 12.3. The molecule has 0 saturated heterocycles. The zero-order chi connectivity index (χ0) is 13.9. The summed E-state index contributed by atoms with van der Waals surface area (Å²) in [7, 11) is 0. The topological polar surface area (TPSA) is 29.1 Å². The van der Waals surface area contributed by atoms with Gasteiger partial charge in [-0.05, 0) is 60.2 Å². The van der Waals surface area contributed by atoms with Crippen LogP contribution < -0.4 is 5.32 Å². The second-order valence-corrected chi connectivity index (χ2v) is 5.69. The van der Waals surface area contributed by atoms with Crippen LogP contribution in [-0.4, -0.2) is 5.91 Å². The molecular formula is C17H16BrNO. The first kappa shape index (κ1) is 13.4. The lowest BCUT2D eigenvalue weighted by Gasteiger charge is -2.08. The Morgan fingerprint density at radius 3 is 2.80 bits per heavy atom. The summed E-state index contributed by atoms with van der Waals surface area (Å²) in [6.45, 7) is 0. The predicted molar refractivity (Wildman–Crippen MR) is 85.5 cm³/mol. The van der Waals surface area contributed by atoms with E-state index in [0.29, 0.717) is 0 Å². The van der Waals surface area contributed by atoms with Crippen molar-refractivity contribution < 1.29 is 4.79 Å². The van der Waals surface area contributed by atoms with E-state index in [-0.39, 0.29) is 5.91 Å². The second-order valence-electron chi connectivity index (χ2n) is 5.13. The molecule has 2 nitrogen and oxygen atoms in total. The Labute approximate surface area is 127 Å². The summed E-state index contributed by atoms with van der Waals surface area (Å²) < 4.78 is 0. The van der Waals surface area contributed by atoms with Crippen LogP contribution in [0.5, 0.6) is 0 Å². The van der Waals surface area contributed by atoms with Gasteiger partial charge >= 0.3 is 0 Å². The quantitative estimate of drug-likeness (QED) is 0.834. The summed E-state index contributed by atoms with van der Waals surface area (Å²) in [5.74, 6) is -0.0357. The molecule has 0 heterocycles. The Kier molecular flexibility index (Phi) is 3.88. The molecule has 0 aromatic heterocycles. The van der Waals surface area contributed by atoms with Crippen molar-refractivity contribution in [2.24, 2.45) is 0 Å². The number of alkyl halides is 1. The van der Waals surface area contributed by atoms with Crippen LogP contribution in [0.2, 0.25) is 0 Å². The van der Waals surface area contributed by atoms with Crippen molar-refractivity contribution in [2.75, 3.05) is 5.32 Å². The third-order valence-electron chi connectivity index (χ3n) is 3.70. The lowest BCUT2D eigenvalue weighted by Crippen LogP contribution is -2.12. The van der Waals surface area contributed by atoms with Crippen LogP contribution in [0, 0.1) is 0 Å². The first-order valence-electron chi connectivity index (χ1n) is 6.84. The summed E-state index contributed by atoms with van der Waals surface area (Å²) in [6, 6.07) is 13.9. The number of rotatable bonds is 3. The monoisotopic (exact) mass is 329 g/mol. The van der Waals surface area contributed by atoms with Crippen molar-refractivity contribution in [3.63, 3.8) is 0 Å². The van der Waals surface area contributed by atoms with Gasteiger partial charge in [0.1, 0.15) is 0 Å². The molecule has 2 aromatic rings. The largest absolute Gasteiger partial charge is 0.322 e. The van der Waals surface area contributed by atoms with Gasteiger partial charge in [-0.2, -0.15) is 0 Å². The predicted octanol–water partition coefficient (Wildman–Crippen LogP) is 4.32. The van der Waals surface area contributed by atoms with Gasteiger partial charge in [0.2, 0.25) is 0 Å². The molecule has 3 heteroatoms. The Bertz CT molecular complexity index is 651. The number of fused-ring (bicyclic) bond motifs is 1. The van der Waals surface area contributed by atoms with Crippen molar-refractivity contribution >= 4 is 27.5 Å². The van der Waals surface area contributed by atoms with Crippen molar-refractivity contribution in [3.05, 3.63) is 64.7 Å². The minimum atomic E-state index is -0.0357. The first-order valence-corrected chi connectivity index (χ1v) is 7.96. The molecule has 1 aliphatic rings. The highest BCUT2D eigenvalue weighted by atomic mass is 79.9. The lowest BCUT2D eigenvalue weighted by atomic mass is 10.1. The second kappa shape index (κ2) is 5.80. The summed E-state index contributed by atoms with van der Waals surface area (Å²) in [4.78, 5) is 12.3. The van der Waals surface area contributed by atoms with E-state index in [4.69, 9.17) is 0 Å². The fourth-order valence-electron chi connectivity index (χ4n) is 2.65. The van der Waals surface area contributed by atoms with Crippen LogP contribution in [0.15, 0.2) is 42.5 Å². The van der Waals surface area contributed by atoms with Crippen LogP contribution >= 0.6 is 15.9 Å². The maximum absolute atomic E-state index is 12.3. The average molecular weight is 330 g/mol. The molecule has 102 valence electrons. The summed E-state index contributed by atoms with van der Waals surface area (Å²) >= 11 is 3.42. The summed E-state index contributed by atoms with van der Waals surface area (Å²) in [5, 5.41) is 3.75. The van der Waals surface area contributed by atoms with Crippen LogP contribution in [0.3, 0.4) is 0 Å². The van der Waals surface area contributed by atoms with E-state index in [2.05, 4.69) is 27.3 Å². The Hall–Kier alpha value is -1.61. The zero-order valence-electron chi connectivity index (χ0n) is 11.2. The maximum Gasteiger partial charge on any atom is 0.255 e. The van der Waals surface area contributed by atoms with Gasteiger partial charge in [0.15, 0.2) is 0 Å². The fourth-order valence-corrected chi connectivity index (χ4v) is 3.00. The molecule has 0 bridgehead atoms. The molecule has 0 fully saturated rings. The van der Waals surface area contributed by atoms with E-state index >= 15 is 0 Å². The number of carbonyl (C=O) groups is 1. The van der Waals surface area contributed by atoms with E-state index in [1.807, 2.05) is 36.4 Å². The molecule has 1 N–H and O–H groups in total. The van der Waals surface area contributed by atoms with Gasteiger partial charge < -0.3 is 5.32 Å². The van der Waals surface area contributed by atoms with Crippen molar-refractivity contribution in [1.82, 2.24) is 0 Å². The van der Waals surface area contributed by atoms with Gasteiger partial charge in [-0.1, -0.05) is 34.1 Å². The molecule has 3 rings (SSSR count). The minimum Gasteiger partial charge on any atom is -0.322 e. The van der Waals surface area contributed by atoms with Crippen LogP contribution in [0.25, 0.3) is 0 Å². The molecule has 0 aliphatic heterocycles. The molecule has 1 aliphatic carbocycles. The van der Waals surface area contributed by atoms with Gasteiger partial charge in [0, 0.05) is 16.6 Å². The van der Waals surface area contributed by atoms with Gasteiger partial charge in [-0.25, -0.2) is 0 Å². The van der Waals surface area contributed by atoms with E-state index in [1.165, 1.54) is 17.5 Å². The number of hydrogen-bond acceptors (Lipinski definition) is 1. The van der Waals surface area contributed by atoms with E-state index in [0.717, 1.165) is 35.0 Å². The van der Waals surface area contributed by atoms with Crippen molar-refractivity contribution in [2.45, 2.75) is 24.6 Å². The SMILES string of the molecule is O=C(Nc1cccc(CBr)c1)c1ccc2c(c1)CCC2. The molecular weight excluding hydrogens is 314 g/mol. The summed E-state index contributed by atoms with van der Waals surface area (Å²) in [6.07, 6.45) is 3.44. The summed E-state index contributed by atoms with van der Waals surface area (Å²) in [5.41, 5.74) is 5.45. The molecule has 0 unspecified atom stereocenters. The average Bonchev–Trinajstić information content (AvgIpc) is 2.94. The number of nitrogens with one attached hydrogen (secondary N) is 1. The standard InChI is InChI=1S/C17H16BrNO/c18-11-12-3-1-6-16(9-12)19-17(20)15-8-7-13-4-2-5-14(13)10-15/h1,3,6-10H,2,4-5,11H2,(H,19,20). The smallest absolute Gasteiger partial charge is 0.255 e. The third kappa shape index (κ3) is 2.78.